The Morgan fingerprint density at radius 3 is 1.52 bits per heavy atom. The van der Waals surface area contributed by atoms with Gasteiger partial charge >= 0.3 is 0 Å². The molecule has 0 saturated carbocycles. The van der Waals surface area contributed by atoms with Crippen LogP contribution in [-0.2, 0) is 5.41 Å². The van der Waals surface area contributed by atoms with Crippen LogP contribution in [0.25, 0.3) is 76.9 Å². The van der Waals surface area contributed by atoms with E-state index < -0.39 is 5.41 Å². The van der Waals surface area contributed by atoms with Crippen LogP contribution in [0.5, 0.6) is 0 Å². The molecule has 0 aliphatic heterocycles. The first kappa shape index (κ1) is 34.7. The lowest BCUT2D eigenvalue weighted by molar-refractivity contribution is 0.668. The Hall–Kier alpha value is -8.14. The van der Waals surface area contributed by atoms with E-state index >= 15 is 0 Å². The molecule has 2 aromatic heterocycles. The molecule has 62 heavy (non-hydrogen) atoms. The third kappa shape index (κ3) is 5.06. The van der Waals surface area contributed by atoms with E-state index in [1.165, 1.54) is 49.7 Å². The fourth-order valence-corrected chi connectivity index (χ4v) is 10.4. The molecule has 1 aliphatic carbocycles. The van der Waals surface area contributed by atoms with Crippen LogP contribution < -0.4 is 4.90 Å². The molecule has 290 valence electrons. The summed E-state index contributed by atoms with van der Waals surface area (Å²) >= 11 is 0. The fraction of sp³-hybridized carbons (Fsp3) is 0.0169. The van der Waals surface area contributed by atoms with Crippen LogP contribution in [0.1, 0.15) is 22.3 Å². The van der Waals surface area contributed by atoms with Gasteiger partial charge in [-0.2, -0.15) is 0 Å². The maximum absolute atomic E-state index is 6.34. The van der Waals surface area contributed by atoms with Gasteiger partial charge in [0.15, 0.2) is 0 Å². The summed E-state index contributed by atoms with van der Waals surface area (Å²) in [6, 6.07) is 81.5. The number of hydrogen-bond donors (Lipinski definition) is 0. The zero-order valence-electron chi connectivity index (χ0n) is 33.6. The SMILES string of the molecule is c1ccc(C2(c3ccccc3)c3cc(-c4ccc5oc6ccccc6c5c4)ccc3-c3ccc(N(c4ccc5oc6ccccc6c5c4)c4cccc5ccccc45)cc32)cc1. The minimum atomic E-state index is -0.624. The molecular formula is C59H37NO2. The molecule has 0 atom stereocenters. The lowest BCUT2D eigenvalue weighted by atomic mass is 9.67. The molecule has 13 rings (SSSR count). The highest BCUT2D eigenvalue weighted by Crippen LogP contribution is 2.58. The molecule has 0 unspecified atom stereocenters. The number of nitrogens with zero attached hydrogens (tertiary/aromatic N) is 1. The standard InChI is InChI=1S/C59H37NO2/c1-3-16-41(17-4-1)59(42-18-5-2-6-19-42)52-35-40(39-27-32-57-50(34-39)48-21-9-11-24-55(48)61-57)26-30-46(52)47-31-28-44(37-53(47)59)60(54-23-13-15-38-14-7-8-20-45(38)54)43-29-33-58-51(36-43)49-22-10-12-25-56(49)62-58/h1-37H. The van der Waals surface area contributed by atoms with Gasteiger partial charge in [0.2, 0.25) is 0 Å². The molecule has 0 saturated heterocycles. The quantitative estimate of drug-likeness (QED) is 0.168. The summed E-state index contributed by atoms with van der Waals surface area (Å²) in [7, 11) is 0. The van der Waals surface area contributed by atoms with Gasteiger partial charge in [-0.15, -0.1) is 0 Å². The van der Waals surface area contributed by atoms with Crippen molar-refractivity contribution >= 4 is 71.7 Å². The van der Waals surface area contributed by atoms with Crippen molar-refractivity contribution < 1.29 is 8.83 Å². The minimum absolute atomic E-state index is 0.624. The molecule has 1 aliphatic rings. The summed E-state index contributed by atoms with van der Waals surface area (Å²) in [5, 5.41) is 6.82. The van der Waals surface area contributed by atoms with Crippen molar-refractivity contribution in [2.24, 2.45) is 0 Å². The zero-order chi connectivity index (χ0) is 40.8. The largest absolute Gasteiger partial charge is 0.456 e. The fourth-order valence-electron chi connectivity index (χ4n) is 10.4. The average molecular weight is 792 g/mol. The lowest BCUT2D eigenvalue weighted by Gasteiger charge is -2.35. The summed E-state index contributed by atoms with van der Waals surface area (Å²) in [5.41, 5.74) is 15.9. The van der Waals surface area contributed by atoms with Gasteiger partial charge in [0.1, 0.15) is 22.3 Å². The monoisotopic (exact) mass is 791 g/mol. The second-order valence-electron chi connectivity index (χ2n) is 16.4. The van der Waals surface area contributed by atoms with Crippen LogP contribution in [0, 0.1) is 0 Å². The van der Waals surface area contributed by atoms with Gasteiger partial charge < -0.3 is 13.7 Å². The highest BCUT2D eigenvalue weighted by molar-refractivity contribution is 6.08. The topological polar surface area (TPSA) is 29.5 Å². The van der Waals surface area contributed by atoms with Crippen LogP contribution in [-0.4, -0.2) is 0 Å². The smallest absolute Gasteiger partial charge is 0.135 e. The van der Waals surface area contributed by atoms with Crippen LogP contribution in [0.2, 0.25) is 0 Å². The molecule has 12 aromatic rings. The van der Waals surface area contributed by atoms with Crippen molar-refractivity contribution in [3.63, 3.8) is 0 Å². The number of para-hydroxylation sites is 2. The first-order valence-electron chi connectivity index (χ1n) is 21.2. The maximum atomic E-state index is 6.34. The summed E-state index contributed by atoms with van der Waals surface area (Å²) in [6.45, 7) is 0. The number of hydrogen-bond acceptors (Lipinski definition) is 3. The molecule has 0 radical (unpaired) electrons. The lowest BCUT2D eigenvalue weighted by Crippen LogP contribution is -2.28. The molecule has 3 heteroatoms. The van der Waals surface area contributed by atoms with E-state index in [-0.39, 0.29) is 0 Å². The van der Waals surface area contributed by atoms with Crippen molar-refractivity contribution in [2.75, 3.05) is 4.90 Å². The predicted molar refractivity (Wildman–Crippen MR) is 256 cm³/mol. The number of rotatable bonds is 6. The van der Waals surface area contributed by atoms with E-state index in [9.17, 15) is 0 Å². The third-order valence-electron chi connectivity index (χ3n) is 13.1. The summed E-state index contributed by atoms with van der Waals surface area (Å²) < 4.78 is 12.6. The van der Waals surface area contributed by atoms with E-state index in [0.29, 0.717) is 0 Å². The third-order valence-corrected chi connectivity index (χ3v) is 13.1. The molecule has 10 aromatic carbocycles. The van der Waals surface area contributed by atoms with Crippen LogP contribution in [0.15, 0.2) is 233 Å². The molecule has 0 bridgehead atoms. The molecular weight excluding hydrogens is 755 g/mol. The van der Waals surface area contributed by atoms with Crippen molar-refractivity contribution in [3.05, 3.63) is 247 Å². The first-order valence-corrected chi connectivity index (χ1v) is 21.2. The van der Waals surface area contributed by atoms with Gasteiger partial charge in [-0.25, -0.2) is 0 Å². The predicted octanol–water partition coefficient (Wildman–Crippen LogP) is 16.1. The minimum Gasteiger partial charge on any atom is -0.456 e. The Labute approximate surface area is 358 Å². The van der Waals surface area contributed by atoms with Crippen molar-refractivity contribution in [3.8, 4) is 22.3 Å². The van der Waals surface area contributed by atoms with Crippen molar-refractivity contribution in [1.82, 2.24) is 0 Å². The van der Waals surface area contributed by atoms with E-state index in [4.69, 9.17) is 8.83 Å². The molecule has 0 spiro atoms. The second kappa shape index (κ2) is 13.4. The van der Waals surface area contributed by atoms with E-state index in [1.807, 2.05) is 24.3 Å². The maximum Gasteiger partial charge on any atom is 0.135 e. The second-order valence-corrected chi connectivity index (χ2v) is 16.4. The van der Waals surface area contributed by atoms with Crippen LogP contribution in [0.4, 0.5) is 17.1 Å². The van der Waals surface area contributed by atoms with Gasteiger partial charge in [0, 0.05) is 38.3 Å². The Balaban J connectivity index is 1.08. The average Bonchev–Trinajstić information content (AvgIpc) is 4.00. The van der Waals surface area contributed by atoms with Gasteiger partial charge in [-0.05, 0) is 117 Å². The van der Waals surface area contributed by atoms with E-state index in [0.717, 1.165) is 66.5 Å². The van der Waals surface area contributed by atoms with E-state index in [2.05, 4.69) is 205 Å². The Morgan fingerprint density at radius 1 is 0.323 bits per heavy atom. The van der Waals surface area contributed by atoms with Crippen LogP contribution >= 0.6 is 0 Å². The Morgan fingerprint density at radius 2 is 0.806 bits per heavy atom. The van der Waals surface area contributed by atoms with Crippen molar-refractivity contribution in [2.45, 2.75) is 5.41 Å². The van der Waals surface area contributed by atoms with Gasteiger partial charge in [-0.1, -0.05) is 158 Å². The summed E-state index contributed by atoms with van der Waals surface area (Å²) in [4.78, 5) is 2.43. The van der Waals surface area contributed by atoms with Crippen LogP contribution in [0.3, 0.4) is 0 Å². The molecule has 0 N–H and O–H groups in total. The van der Waals surface area contributed by atoms with Gasteiger partial charge in [0.25, 0.3) is 0 Å². The Bertz CT molecular complexity index is 3660. The highest BCUT2D eigenvalue weighted by atomic mass is 16.3. The number of benzene rings is 10. The normalized spacial score (nSPS) is 13.0. The summed E-state index contributed by atoms with van der Waals surface area (Å²) in [6.07, 6.45) is 0. The molecule has 0 fully saturated rings. The summed E-state index contributed by atoms with van der Waals surface area (Å²) in [5.74, 6) is 0. The Kier molecular flexibility index (Phi) is 7.52. The van der Waals surface area contributed by atoms with E-state index in [1.54, 1.807) is 0 Å². The highest BCUT2D eigenvalue weighted by Gasteiger charge is 2.46. The van der Waals surface area contributed by atoms with Gasteiger partial charge in [-0.3, -0.25) is 0 Å². The van der Waals surface area contributed by atoms with Gasteiger partial charge in [0.05, 0.1) is 11.1 Å². The number of furan rings is 2. The zero-order valence-corrected chi connectivity index (χ0v) is 33.6. The molecule has 3 nitrogen and oxygen atoms in total. The number of fused-ring (bicyclic) bond motifs is 10. The number of anilines is 3. The van der Waals surface area contributed by atoms with Crippen molar-refractivity contribution in [1.29, 1.82) is 0 Å². The molecule has 0 amide bonds. The first-order chi connectivity index (χ1) is 30.7. The molecule has 2 heterocycles.